The molecule has 1 atom stereocenters. The van der Waals surface area contributed by atoms with Crippen molar-refractivity contribution in [3.63, 3.8) is 0 Å². The number of halogens is 1. The molecule has 0 radical (unpaired) electrons. The van der Waals surface area contributed by atoms with E-state index >= 15 is 0 Å². The molecular weight excluding hydrogens is 334 g/mol. The minimum atomic E-state index is -0.691. The zero-order chi connectivity index (χ0) is 16.7. The number of hydrazine groups is 1. The van der Waals surface area contributed by atoms with E-state index in [1.165, 1.54) is 0 Å². The summed E-state index contributed by atoms with van der Waals surface area (Å²) in [5.74, 6) is 0.208. The van der Waals surface area contributed by atoms with Gasteiger partial charge in [0.15, 0.2) is 11.2 Å². The van der Waals surface area contributed by atoms with Gasteiger partial charge in [0.1, 0.15) is 5.75 Å². The van der Waals surface area contributed by atoms with E-state index in [4.69, 9.17) is 28.6 Å². The quantitative estimate of drug-likeness (QED) is 0.584. The highest BCUT2D eigenvalue weighted by Gasteiger charge is 2.14. The number of ether oxygens (including phenoxy) is 1. The molecule has 23 heavy (non-hydrogen) atoms. The first kappa shape index (κ1) is 17.1. The zero-order valence-corrected chi connectivity index (χ0v) is 13.9. The van der Waals surface area contributed by atoms with Gasteiger partial charge in [0, 0.05) is 10.7 Å². The summed E-state index contributed by atoms with van der Waals surface area (Å²) < 4.78 is 5.51. The van der Waals surface area contributed by atoms with Crippen LogP contribution in [0.15, 0.2) is 54.6 Å². The van der Waals surface area contributed by atoms with E-state index in [2.05, 4.69) is 16.2 Å². The van der Waals surface area contributed by atoms with Gasteiger partial charge in [-0.05, 0) is 55.5 Å². The van der Waals surface area contributed by atoms with E-state index in [0.717, 1.165) is 5.69 Å². The minimum Gasteiger partial charge on any atom is -0.481 e. The summed E-state index contributed by atoms with van der Waals surface area (Å²) in [7, 11) is 0. The Morgan fingerprint density at radius 3 is 2.39 bits per heavy atom. The molecule has 0 spiro atoms. The first-order valence-electron chi connectivity index (χ1n) is 6.89. The zero-order valence-electron chi connectivity index (χ0n) is 12.4. The second-order valence-corrected chi connectivity index (χ2v) is 5.49. The molecule has 2 aromatic rings. The maximum atomic E-state index is 12.0. The Balaban J connectivity index is 1.77. The van der Waals surface area contributed by atoms with Crippen LogP contribution in [-0.4, -0.2) is 17.1 Å². The van der Waals surface area contributed by atoms with Crippen LogP contribution in [-0.2, 0) is 4.79 Å². The number of carbonyl (C=O) groups excluding carboxylic acids is 1. The van der Waals surface area contributed by atoms with Gasteiger partial charge in [-0.25, -0.2) is 0 Å². The fourth-order valence-electron chi connectivity index (χ4n) is 1.67. The van der Waals surface area contributed by atoms with Crippen molar-refractivity contribution in [2.75, 3.05) is 5.32 Å². The van der Waals surface area contributed by atoms with Crippen LogP contribution >= 0.6 is 23.8 Å². The summed E-state index contributed by atoms with van der Waals surface area (Å²) in [6, 6.07) is 16.2. The molecule has 2 aromatic carbocycles. The van der Waals surface area contributed by atoms with Gasteiger partial charge >= 0.3 is 0 Å². The number of hydrogen-bond donors (Lipinski definition) is 3. The van der Waals surface area contributed by atoms with Crippen LogP contribution in [0.2, 0.25) is 5.02 Å². The van der Waals surface area contributed by atoms with Crippen LogP contribution in [0.1, 0.15) is 6.92 Å². The molecule has 0 bridgehead atoms. The highest BCUT2D eigenvalue weighted by atomic mass is 35.5. The van der Waals surface area contributed by atoms with Crippen molar-refractivity contribution >= 4 is 40.5 Å². The van der Waals surface area contributed by atoms with E-state index in [0.29, 0.717) is 10.8 Å². The molecule has 3 N–H and O–H groups in total. The van der Waals surface area contributed by atoms with Gasteiger partial charge in [0.25, 0.3) is 5.91 Å². The Morgan fingerprint density at radius 1 is 1.09 bits per heavy atom. The van der Waals surface area contributed by atoms with E-state index in [9.17, 15) is 4.79 Å². The smallest absolute Gasteiger partial charge is 0.279 e. The van der Waals surface area contributed by atoms with Crippen LogP contribution in [0.5, 0.6) is 5.75 Å². The van der Waals surface area contributed by atoms with Gasteiger partial charge in [-0.15, -0.1) is 0 Å². The molecule has 0 heterocycles. The monoisotopic (exact) mass is 349 g/mol. The standard InChI is InChI=1S/C16H16ClN3O2S/c1-11(22-14-9-7-12(17)8-10-14)15(21)19-20-16(23)18-13-5-3-2-4-6-13/h2-11H,1H3,(H,19,21)(H2,18,20,23)/t11-/m1/s1. The fourth-order valence-corrected chi connectivity index (χ4v) is 1.97. The number of nitrogens with one attached hydrogen (secondary N) is 3. The van der Waals surface area contributed by atoms with E-state index in [-0.39, 0.29) is 11.0 Å². The normalized spacial score (nSPS) is 11.2. The maximum Gasteiger partial charge on any atom is 0.279 e. The van der Waals surface area contributed by atoms with Gasteiger partial charge < -0.3 is 10.1 Å². The number of benzene rings is 2. The Kier molecular flexibility index (Phi) is 6.19. The molecular formula is C16H16ClN3O2S. The maximum absolute atomic E-state index is 12.0. The van der Waals surface area contributed by atoms with Crippen LogP contribution in [0.4, 0.5) is 5.69 Å². The highest BCUT2D eigenvalue weighted by molar-refractivity contribution is 7.80. The third-order valence-corrected chi connectivity index (χ3v) is 3.28. The topological polar surface area (TPSA) is 62.4 Å². The number of thiocarbonyl (C=S) groups is 1. The van der Waals surface area contributed by atoms with Crippen molar-refractivity contribution in [2.24, 2.45) is 0 Å². The van der Waals surface area contributed by atoms with E-state index in [1.54, 1.807) is 31.2 Å². The average molecular weight is 350 g/mol. The molecule has 0 saturated carbocycles. The lowest BCUT2D eigenvalue weighted by Crippen LogP contribution is -2.48. The Hall–Kier alpha value is -2.31. The lowest BCUT2D eigenvalue weighted by Gasteiger charge is -2.16. The number of carbonyl (C=O) groups is 1. The number of amides is 1. The molecule has 0 unspecified atom stereocenters. The lowest BCUT2D eigenvalue weighted by molar-refractivity contribution is -0.127. The van der Waals surface area contributed by atoms with Crippen molar-refractivity contribution in [1.82, 2.24) is 10.9 Å². The predicted molar refractivity (Wildman–Crippen MR) is 95.5 cm³/mol. The van der Waals surface area contributed by atoms with Crippen molar-refractivity contribution in [3.8, 4) is 5.75 Å². The molecule has 0 fully saturated rings. The van der Waals surface area contributed by atoms with Crippen molar-refractivity contribution < 1.29 is 9.53 Å². The Morgan fingerprint density at radius 2 is 1.74 bits per heavy atom. The van der Waals surface area contributed by atoms with Crippen molar-refractivity contribution in [3.05, 3.63) is 59.6 Å². The summed E-state index contributed by atoms with van der Waals surface area (Å²) in [5, 5.41) is 3.83. The molecule has 7 heteroatoms. The van der Waals surface area contributed by atoms with Crippen molar-refractivity contribution in [2.45, 2.75) is 13.0 Å². The van der Waals surface area contributed by atoms with Crippen molar-refractivity contribution in [1.29, 1.82) is 0 Å². The molecule has 0 aliphatic rings. The van der Waals surface area contributed by atoms with Gasteiger partial charge in [-0.1, -0.05) is 29.8 Å². The van der Waals surface area contributed by atoms with E-state index < -0.39 is 6.10 Å². The summed E-state index contributed by atoms with van der Waals surface area (Å²) in [6.45, 7) is 1.64. The second-order valence-electron chi connectivity index (χ2n) is 4.65. The molecule has 5 nitrogen and oxygen atoms in total. The summed E-state index contributed by atoms with van der Waals surface area (Å²) in [5.41, 5.74) is 5.94. The molecule has 0 aromatic heterocycles. The predicted octanol–water partition coefficient (Wildman–Crippen LogP) is 3.13. The van der Waals surface area contributed by atoms with Gasteiger partial charge in [0.05, 0.1) is 0 Å². The summed E-state index contributed by atoms with van der Waals surface area (Å²) >= 11 is 10.9. The molecule has 0 saturated heterocycles. The molecule has 0 aliphatic heterocycles. The molecule has 120 valence electrons. The van der Waals surface area contributed by atoms with Gasteiger partial charge in [-0.3, -0.25) is 15.6 Å². The van der Waals surface area contributed by atoms with Crippen LogP contribution in [0.25, 0.3) is 0 Å². The number of rotatable bonds is 4. The third-order valence-electron chi connectivity index (χ3n) is 2.83. The van der Waals surface area contributed by atoms with Crippen LogP contribution in [0.3, 0.4) is 0 Å². The number of hydrogen-bond acceptors (Lipinski definition) is 3. The SMILES string of the molecule is C[C@@H](Oc1ccc(Cl)cc1)C(=O)NNC(=S)Nc1ccccc1. The van der Waals surface area contributed by atoms with Crippen LogP contribution < -0.4 is 20.9 Å². The molecule has 1 amide bonds. The largest absolute Gasteiger partial charge is 0.481 e. The fraction of sp³-hybridized carbons (Fsp3) is 0.125. The number of para-hydroxylation sites is 1. The van der Waals surface area contributed by atoms with Crippen LogP contribution in [0, 0.1) is 0 Å². The average Bonchev–Trinajstić information content (AvgIpc) is 2.55. The third kappa shape index (κ3) is 5.77. The first-order chi connectivity index (χ1) is 11.0. The number of anilines is 1. The second kappa shape index (κ2) is 8.36. The first-order valence-corrected chi connectivity index (χ1v) is 7.67. The molecule has 2 rings (SSSR count). The highest BCUT2D eigenvalue weighted by Crippen LogP contribution is 2.16. The Bertz CT molecular complexity index is 665. The van der Waals surface area contributed by atoms with Gasteiger partial charge in [-0.2, -0.15) is 0 Å². The lowest BCUT2D eigenvalue weighted by atomic mass is 10.3. The van der Waals surface area contributed by atoms with E-state index in [1.807, 2.05) is 30.3 Å². The minimum absolute atomic E-state index is 0.281. The Labute approximate surface area is 145 Å². The van der Waals surface area contributed by atoms with Gasteiger partial charge in [0.2, 0.25) is 0 Å². The molecule has 0 aliphatic carbocycles. The summed E-state index contributed by atoms with van der Waals surface area (Å²) in [6.07, 6.45) is -0.691. The summed E-state index contributed by atoms with van der Waals surface area (Å²) in [4.78, 5) is 12.0.